The number of nitrogen functional groups attached to an aromatic ring is 1. The highest BCUT2D eigenvalue weighted by atomic mass is 19.4. The monoisotopic (exact) mass is 237 g/mol. The lowest BCUT2D eigenvalue weighted by atomic mass is 10.2. The Morgan fingerprint density at radius 1 is 1.44 bits per heavy atom. The molecule has 5 nitrogen and oxygen atoms in total. The summed E-state index contributed by atoms with van der Waals surface area (Å²) in [5.74, 6) is -0.717. The van der Waals surface area contributed by atoms with E-state index in [0.717, 1.165) is 6.20 Å². The third-order valence-corrected chi connectivity index (χ3v) is 1.76. The van der Waals surface area contributed by atoms with Gasteiger partial charge in [-0.3, -0.25) is 0 Å². The Bertz CT molecular complexity index is 382. The second kappa shape index (κ2) is 4.44. The minimum Gasteiger partial charge on any atom is -0.492 e. The number of aromatic nitrogens is 1. The van der Waals surface area contributed by atoms with Crippen molar-refractivity contribution in [3.63, 3.8) is 0 Å². The van der Waals surface area contributed by atoms with E-state index in [1.54, 1.807) is 0 Å². The lowest BCUT2D eigenvalue weighted by Gasteiger charge is -2.15. The number of pyridine rings is 1. The van der Waals surface area contributed by atoms with Gasteiger partial charge < -0.3 is 20.9 Å². The number of nitrogens with two attached hydrogens (primary N) is 2. The molecule has 0 aromatic carbocycles. The average Bonchev–Trinajstić information content (AvgIpc) is 2.18. The Morgan fingerprint density at radius 3 is 2.50 bits per heavy atom. The Kier molecular flexibility index (Phi) is 3.43. The molecule has 0 bridgehead atoms. The van der Waals surface area contributed by atoms with Crippen LogP contribution in [-0.2, 0) is 6.54 Å². The predicted octanol–water partition coefficient (Wildman–Crippen LogP) is 1.03. The first-order valence-electron chi connectivity index (χ1n) is 4.16. The van der Waals surface area contributed by atoms with Gasteiger partial charge in [0.15, 0.2) is 11.5 Å². The summed E-state index contributed by atoms with van der Waals surface area (Å²) in [4.78, 5) is 3.54. The highest BCUT2D eigenvalue weighted by molar-refractivity contribution is 5.55. The zero-order valence-corrected chi connectivity index (χ0v) is 8.34. The van der Waals surface area contributed by atoms with Gasteiger partial charge in [-0.15, -0.1) is 13.2 Å². The molecule has 0 unspecified atom stereocenters. The number of anilines is 1. The minimum atomic E-state index is -4.82. The normalized spacial score (nSPS) is 11.3. The van der Waals surface area contributed by atoms with Crippen LogP contribution in [0.4, 0.5) is 19.0 Å². The lowest BCUT2D eigenvalue weighted by Crippen LogP contribution is -2.19. The molecule has 0 aliphatic rings. The highest BCUT2D eigenvalue weighted by Gasteiger charge is 2.33. The maximum atomic E-state index is 12.0. The number of rotatable bonds is 3. The molecule has 0 saturated heterocycles. The highest BCUT2D eigenvalue weighted by Crippen LogP contribution is 2.36. The van der Waals surface area contributed by atoms with Gasteiger partial charge in [0, 0.05) is 6.54 Å². The molecule has 0 aliphatic carbocycles. The van der Waals surface area contributed by atoms with Crippen LogP contribution in [0.3, 0.4) is 0 Å². The van der Waals surface area contributed by atoms with E-state index in [1.165, 1.54) is 7.11 Å². The van der Waals surface area contributed by atoms with Gasteiger partial charge in [0.25, 0.3) is 0 Å². The second-order valence-electron chi connectivity index (χ2n) is 2.77. The van der Waals surface area contributed by atoms with Gasteiger partial charge >= 0.3 is 6.36 Å². The van der Waals surface area contributed by atoms with Crippen LogP contribution in [-0.4, -0.2) is 18.5 Å². The van der Waals surface area contributed by atoms with Crippen molar-refractivity contribution < 1.29 is 22.6 Å². The smallest absolute Gasteiger partial charge is 0.492 e. The Balaban J connectivity index is 3.19. The summed E-state index contributed by atoms with van der Waals surface area (Å²) in [5.41, 5.74) is 10.9. The van der Waals surface area contributed by atoms with E-state index in [-0.39, 0.29) is 23.7 Å². The molecule has 1 aromatic rings. The van der Waals surface area contributed by atoms with Crippen molar-refractivity contribution in [1.82, 2.24) is 4.98 Å². The van der Waals surface area contributed by atoms with Crippen LogP contribution in [0.25, 0.3) is 0 Å². The number of ether oxygens (including phenoxy) is 2. The van der Waals surface area contributed by atoms with Gasteiger partial charge in [-0.05, 0) is 0 Å². The van der Waals surface area contributed by atoms with E-state index in [4.69, 9.17) is 16.2 Å². The first-order chi connectivity index (χ1) is 7.39. The van der Waals surface area contributed by atoms with Crippen molar-refractivity contribution in [2.75, 3.05) is 12.8 Å². The zero-order chi connectivity index (χ0) is 12.3. The molecule has 0 amide bonds. The molecule has 0 fully saturated rings. The quantitative estimate of drug-likeness (QED) is 0.820. The molecule has 90 valence electrons. The average molecular weight is 237 g/mol. The summed E-state index contributed by atoms with van der Waals surface area (Å²) in [6.07, 6.45) is -3.99. The standard InChI is InChI=1S/C8H10F3N3O2/c1-15-6-4(2-12)7(13)14-3-5(6)16-8(9,10)11/h3H,2,12H2,1H3,(H2,13,14). The van der Waals surface area contributed by atoms with Crippen LogP contribution in [0.5, 0.6) is 11.5 Å². The molecule has 16 heavy (non-hydrogen) atoms. The molecular formula is C8H10F3N3O2. The molecule has 8 heteroatoms. The molecule has 0 aliphatic heterocycles. The van der Waals surface area contributed by atoms with Gasteiger partial charge in [0.2, 0.25) is 0 Å². The van der Waals surface area contributed by atoms with E-state index >= 15 is 0 Å². The predicted molar refractivity (Wildman–Crippen MR) is 49.8 cm³/mol. The molecule has 1 heterocycles. The van der Waals surface area contributed by atoms with Crippen LogP contribution in [0.1, 0.15) is 5.56 Å². The zero-order valence-electron chi connectivity index (χ0n) is 8.34. The van der Waals surface area contributed by atoms with E-state index in [0.29, 0.717) is 0 Å². The van der Waals surface area contributed by atoms with Crippen LogP contribution in [0, 0.1) is 0 Å². The van der Waals surface area contributed by atoms with Crippen molar-refractivity contribution in [2.24, 2.45) is 5.73 Å². The van der Waals surface area contributed by atoms with Crippen LogP contribution in [0.15, 0.2) is 6.20 Å². The number of hydrogen-bond acceptors (Lipinski definition) is 5. The van der Waals surface area contributed by atoms with Crippen molar-refractivity contribution in [1.29, 1.82) is 0 Å². The van der Waals surface area contributed by atoms with Crippen molar-refractivity contribution in [3.8, 4) is 11.5 Å². The molecule has 1 rings (SSSR count). The Labute approximate surface area is 89.1 Å². The maximum Gasteiger partial charge on any atom is 0.573 e. The van der Waals surface area contributed by atoms with Crippen molar-refractivity contribution in [2.45, 2.75) is 12.9 Å². The third-order valence-electron chi connectivity index (χ3n) is 1.76. The molecule has 0 spiro atoms. The summed E-state index contributed by atoms with van der Waals surface area (Å²) < 4.78 is 44.6. The summed E-state index contributed by atoms with van der Waals surface area (Å²) in [6.45, 7) is -0.100. The van der Waals surface area contributed by atoms with Crippen LogP contribution >= 0.6 is 0 Å². The SMILES string of the molecule is COc1c(OC(F)(F)F)cnc(N)c1CN. The van der Waals surface area contributed by atoms with E-state index in [9.17, 15) is 13.2 Å². The van der Waals surface area contributed by atoms with Crippen LogP contribution in [0.2, 0.25) is 0 Å². The summed E-state index contributed by atoms with van der Waals surface area (Å²) in [7, 11) is 1.19. The molecule has 0 atom stereocenters. The lowest BCUT2D eigenvalue weighted by molar-refractivity contribution is -0.275. The first kappa shape index (κ1) is 12.4. The van der Waals surface area contributed by atoms with Gasteiger partial charge in [0.05, 0.1) is 18.9 Å². The Morgan fingerprint density at radius 2 is 2.06 bits per heavy atom. The number of nitrogens with zero attached hydrogens (tertiary/aromatic N) is 1. The fourth-order valence-electron chi connectivity index (χ4n) is 1.15. The molecule has 4 N–H and O–H groups in total. The van der Waals surface area contributed by atoms with Gasteiger partial charge in [0.1, 0.15) is 5.82 Å². The van der Waals surface area contributed by atoms with Crippen molar-refractivity contribution in [3.05, 3.63) is 11.8 Å². The molecular weight excluding hydrogens is 227 g/mol. The van der Waals surface area contributed by atoms with E-state index in [1.807, 2.05) is 0 Å². The van der Waals surface area contributed by atoms with E-state index in [2.05, 4.69) is 9.72 Å². The fraction of sp³-hybridized carbons (Fsp3) is 0.375. The molecule has 0 radical (unpaired) electrons. The summed E-state index contributed by atoms with van der Waals surface area (Å²) in [6, 6.07) is 0. The third kappa shape index (κ3) is 2.66. The number of halogens is 3. The summed E-state index contributed by atoms with van der Waals surface area (Å²) >= 11 is 0. The molecule has 1 aromatic heterocycles. The minimum absolute atomic E-state index is 0.00822. The van der Waals surface area contributed by atoms with Crippen molar-refractivity contribution >= 4 is 5.82 Å². The molecule has 0 saturated carbocycles. The fourth-order valence-corrected chi connectivity index (χ4v) is 1.15. The van der Waals surface area contributed by atoms with E-state index < -0.39 is 12.1 Å². The van der Waals surface area contributed by atoms with Gasteiger partial charge in [-0.1, -0.05) is 0 Å². The van der Waals surface area contributed by atoms with Crippen LogP contribution < -0.4 is 20.9 Å². The Hall–Kier alpha value is -1.70. The first-order valence-corrected chi connectivity index (χ1v) is 4.16. The number of methoxy groups -OCH3 is 1. The second-order valence-corrected chi connectivity index (χ2v) is 2.77. The largest absolute Gasteiger partial charge is 0.573 e. The maximum absolute atomic E-state index is 12.0. The summed E-state index contributed by atoms with van der Waals surface area (Å²) in [5, 5.41) is 0. The number of alkyl halides is 3. The number of hydrogen-bond donors (Lipinski definition) is 2. The van der Waals surface area contributed by atoms with Gasteiger partial charge in [-0.2, -0.15) is 0 Å². The van der Waals surface area contributed by atoms with Gasteiger partial charge in [-0.25, -0.2) is 4.98 Å². The topological polar surface area (TPSA) is 83.4 Å².